The van der Waals surface area contributed by atoms with Gasteiger partial charge in [0.2, 0.25) is 0 Å². The molecule has 0 aliphatic carbocycles. The zero-order valence-electron chi connectivity index (χ0n) is 10.3. The van der Waals surface area contributed by atoms with Crippen LogP contribution in [0.3, 0.4) is 0 Å². The third kappa shape index (κ3) is 2.94. The number of hydrogen-bond acceptors (Lipinski definition) is 4. The normalized spacial score (nSPS) is 10.4. The smallest absolute Gasteiger partial charge is 0.160 e. The van der Waals surface area contributed by atoms with Gasteiger partial charge < -0.3 is 9.47 Å². The summed E-state index contributed by atoms with van der Waals surface area (Å²) >= 11 is 7.36. The van der Waals surface area contributed by atoms with Crippen molar-refractivity contribution in [3.63, 3.8) is 0 Å². The van der Waals surface area contributed by atoms with E-state index in [0.717, 1.165) is 34.2 Å². The van der Waals surface area contributed by atoms with Crippen molar-refractivity contribution in [1.29, 1.82) is 0 Å². The van der Waals surface area contributed by atoms with Crippen LogP contribution in [0, 0.1) is 0 Å². The van der Waals surface area contributed by atoms with Crippen molar-refractivity contribution >= 4 is 22.9 Å². The van der Waals surface area contributed by atoms with Crippen molar-refractivity contribution in [2.24, 2.45) is 0 Å². The van der Waals surface area contributed by atoms with Crippen LogP contribution in [0.5, 0.6) is 11.5 Å². The van der Waals surface area contributed by atoms with Gasteiger partial charge in [-0.15, -0.1) is 22.9 Å². The third-order valence-electron chi connectivity index (χ3n) is 2.54. The molecule has 18 heavy (non-hydrogen) atoms. The van der Waals surface area contributed by atoms with Crippen LogP contribution in [0.1, 0.15) is 16.3 Å². The van der Waals surface area contributed by atoms with Crippen LogP contribution in [-0.2, 0) is 12.3 Å². The van der Waals surface area contributed by atoms with Crippen molar-refractivity contribution in [1.82, 2.24) is 4.98 Å². The molecule has 1 heterocycles. The van der Waals surface area contributed by atoms with Gasteiger partial charge in [0.1, 0.15) is 0 Å². The summed E-state index contributed by atoms with van der Waals surface area (Å²) in [5.41, 5.74) is 2.07. The molecule has 0 atom stereocenters. The summed E-state index contributed by atoms with van der Waals surface area (Å²) < 4.78 is 10.5. The molecular weight excluding hydrogens is 270 g/mol. The highest BCUT2D eigenvalue weighted by atomic mass is 35.5. The van der Waals surface area contributed by atoms with Gasteiger partial charge in [0.05, 0.1) is 30.8 Å². The maximum Gasteiger partial charge on any atom is 0.160 e. The van der Waals surface area contributed by atoms with Gasteiger partial charge in [-0.05, 0) is 17.7 Å². The van der Waals surface area contributed by atoms with Crippen LogP contribution in [0.15, 0.2) is 23.6 Å². The fourth-order valence-electron chi connectivity index (χ4n) is 1.66. The summed E-state index contributed by atoms with van der Waals surface area (Å²) in [6.07, 6.45) is 0.780. The fraction of sp³-hybridized carbons (Fsp3) is 0.308. The SMILES string of the molecule is COc1ccc(Cc2nc(CCl)cs2)cc1OC. The molecule has 0 saturated carbocycles. The Labute approximate surface area is 115 Å². The average Bonchev–Trinajstić information content (AvgIpc) is 2.86. The Balaban J connectivity index is 2.18. The standard InChI is InChI=1S/C13H14ClNO2S/c1-16-11-4-3-9(5-12(11)17-2)6-13-15-10(7-14)8-18-13/h3-5,8H,6-7H2,1-2H3. The number of benzene rings is 1. The number of thiazole rings is 1. The molecule has 1 aromatic heterocycles. The molecule has 0 aliphatic rings. The number of nitrogens with zero attached hydrogens (tertiary/aromatic N) is 1. The second kappa shape index (κ2) is 6.07. The first-order chi connectivity index (χ1) is 8.76. The lowest BCUT2D eigenvalue weighted by Gasteiger charge is -2.08. The summed E-state index contributed by atoms with van der Waals surface area (Å²) in [5, 5.41) is 3.04. The molecule has 96 valence electrons. The first-order valence-corrected chi connectivity index (χ1v) is 6.88. The predicted octanol–water partition coefficient (Wildman–Crippen LogP) is 3.49. The Morgan fingerprint density at radius 3 is 2.61 bits per heavy atom. The summed E-state index contributed by atoms with van der Waals surface area (Å²) in [6.45, 7) is 0. The van der Waals surface area contributed by atoms with E-state index in [0.29, 0.717) is 5.88 Å². The second-order valence-electron chi connectivity index (χ2n) is 3.73. The molecule has 5 heteroatoms. The van der Waals surface area contributed by atoms with E-state index in [1.165, 1.54) is 0 Å². The van der Waals surface area contributed by atoms with Crippen LogP contribution in [0.25, 0.3) is 0 Å². The van der Waals surface area contributed by atoms with Gasteiger partial charge in [-0.25, -0.2) is 4.98 Å². The summed E-state index contributed by atoms with van der Waals surface area (Å²) in [7, 11) is 3.27. The Morgan fingerprint density at radius 1 is 1.22 bits per heavy atom. The summed E-state index contributed by atoms with van der Waals surface area (Å²) in [5.74, 6) is 1.94. The first-order valence-electron chi connectivity index (χ1n) is 5.47. The van der Waals surface area contributed by atoms with Crippen molar-refractivity contribution in [2.45, 2.75) is 12.3 Å². The van der Waals surface area contributed by atoms with Gasteiger partial charge in [-0.2, -0.15) is 0 Å². The van der Waals surface area contributed by atoms with Crippen molar-refractivity contribution in [3.8, 4) is 11.5 Å². The molecule has 0 bridgehead atoms. The highest BCUT2D eigenvalue weighted by Crippen LogP contribution is 2.28. The average molecular weight is 284 g/mol. The minimum atomic E-state index is 0.461. The van der Waals surface area contributed by atoms with Gasteiger partial charge in [0.25, 0.3) is 0 Å². The number of alkyl halides is 1. The topological polar surface area (TPSA) is 31.4 Å². The maximum absolute atomic E-state index is 5.74. The Kier molecular flexibility index (Phi) is 4.44. The van der Waals surface area contributed by atoms with Gasteiger partial charge in [-0.3, -0.25) is 0 Å². The summed E-state index contributed by atoms with van der Waals surface area (Å²) in [6, 6.07) is 5.90. The molecule has 2 rings (SSSR count). The number of aromatic nitrogens is 1. The molecule has 0 spiro atoms. The molecular formula is C13H14ClNO2S. The quantitative estimate of drug-likeness (QED) is 0.787. The highest BCUT2D eigenvalue weighted by molar-refractivity contribution is 7.09. The van der Waals surface area contributed by atoms with Crippen LogP contribution >= 0.6 is 22.9 Å². The predicted molar refractivity (Wildman–Crippen MR) is 74.0 cm³/mol. The van der Waals surface area contributed by atoms with Gasteiger partial charge in [0.15, 0.2) is 11.5 Å². The number of methoxy groups -OCH3 is 2. The van der Waals surface area contributed by atoms with Gasteiger partial charge in [-0.1, -0.05) is 6.07 Å². The largest absolute Gasteiger partial charge is 0.493 e. The first kappa shape index (κ1) is 13.2. The van der Waals surface area contributed by atoms with Crippen molar-refractivity contribution in [3.05, 3.63) is 39.8 Å². The third-order valence-corrected chi connectivity index (χ3v) is 3.71. The Morgan fingerprint density at radius 2 is 2.00 bits per heavy atom. The van der Waals surface area contributed by atoms with E-state index < -0.39 is 0 Å². The molecule has 3 nitrogen and oxygen atoms in total. The number of hydrogen-bond donors (Lipinski definition) is 0. The lowest BCUT2D eigenvalue weighted by Crippen LogP contribution is -1.93. The van der Waals surface area contributed by atoms with Gasteiger partial charge >= 0.3 is 0 Å². The number of halogens is 1. The molecule has 0 aliphatic heterocycles. The van der Waals surface area contributed by atoms with E-state index >= 15 is 0 Å². The number of rotatable bonds is 5. The monoisotopic (exact) mass is 283 g/mol. The minimum absolute atomic E-state index is 0.461. The zero-order chi connectivity index (χ0) is 13.0. The molecule has 0 fully saturated rings. The van der Waals surface area contributed by atoms with E-state index in [4.69, 9.17) is 21.1 Å². The zero-order valence-corrected chi connectivity index (χ0v) is 11.8. The molecule has 2 aromatic rings. The lowest BCUT2D eigenvalue weighted by atomic mass is 10.1. The van der Waals surface area contributed by atoms with E-state index in [-0.39, 0.29) is 0 Å². The molecule has 0 radical (unpaired) electrons. The molecule has 0 amide bonds. The van der Waals surface area contributed by atoms with Crippen molar-refractivity contribution < 1.29 is 9.47 Å². The Bertz CT molecular complexity index is 527. The van der Waals surface area contributed by atoms with E-state index in [9.17, 15) is 0 Å². The number of ether oxygens (including phenoxy) is 2. The minimum Gasteiger partial charge on any atom is -0.493 e. The molecule has 0 unspecified atom stereocenters. The highest BCUT2D eigenvalue weighted by Gasteiger charge is 2.07. The van der Waals surface area contributed by atoms with E-state index in [2.05, 4.69) is 4.98 Å². The van der Waals surface area contributed by atoms with Crippen molar-refractivity contribution in [2.75, 3.05) is 14.2 Å². The Hall–Kier alpha value is -1.26. The van der Waals surface area contributed by atoms with Crippen LogP contribution < -0.4 is 9.47 Å². The molecule has 0 N–H and O–H groups in total. The summed E-state index contributed by atoms with van der Waals surface area (Å²) in [4.78, 5) is 4.44. The van der Waals surface area contributed by atoms with Crippen LogP contribution in [0.4, 0.5) is 0 Å². The van der Waals surface area contributed by atoms with Crippen LogP contribution in [0.2, 0.25) is 0 Å². The van der Waals surface area contributed by atoms with E-state index in [1.807, 2.05) is 23.6 Å². The van der Waals surface area contributed by atoms with Crippen LogP contribution in [-0.4, -0.2) is 19.2 Å². The maximum atomic E-state index is 5.74. The molecule has 0 saturated heterocycles. The van der Waals surface area contributed by atoms with E-state index in [1.54, 1.807) is 25.6 Å². The fourth-order valence-corrected chi connectivity index (χ4v) is 2.71. The second-order valence-corrected chi connectivity index (χ2v) is 4.94. The lowest BCUT2D eigenvalue weighted by molar-refractivity contribution is 0.354. The van der Waals surface area contributed by atoms with Gasteiger partial charge in [0, 0.05) is 11.8 Å². The molecule has 1 aromatic carbocycles.